The molecule has 0 radical (unpaired) electrons. The van der Waals surface area contributed by atoms with E-state index in [1.165, 1.54) is 56.9 Å². The molecule has 0 aromatic heterocycles. The Morgan fingerprint density at radius 2 is 0.616 bits per heavy atom. The standard InChI is InChI=1S/C26H28O6.C25H24O7.C25H26O6.C24H24O6/c1-5-15-10-19-23(16-6-8-18(27)9-7-16)20(13-32-26(19)14(2)24(15)28)17-11-21(30-3)25(29)22(12-17)31-4;1-13-18(26)6-5-16-23(14-4-7-19-20(8-14)32-12-31-19)17(11-30-25(13)16)15-9-21(28-2)24(27)22(10-15)29-3;1-4-17-20(27)10-9-18-23(14-5-7-16(26)8-6-14)19(13-31-25(17)18)15-11-21(29-2)24(28)22(12-15)30-3;1-13-8-17-20(11-19(13)26)30-12-18(23(17)14-4-6-16(25)7-5-14)15-9-21(28-2)24(27)22(10-15)29-3/h6-12,20,23,27-29H,5,13H2,1-4H3;4-10,17,23,26-27H,11-12H2,1-3H3;5-12,19,23,26-28H,4,13H2,1-3H3;4-11,18,23,25-27H,12H2,1-3H3. The molecule has 0 saturated carbocycles. The van der Waals surface area contributed by atoms with Gasteiger partial charge in [0, 0.05) is 92.4 Å². The van der Waals surface area contributed by atoms with Gasteiger partial charge in [-0.05, 0) is 211 Å². The van der Waals surface area contributed by atoms with Crippen LogP contribution in [0.15, 0.2) is 182 Å². The summed E-state index contributed by atoms with van der Waals surface area (Å²) in [6.07, 6.45) is 1.33. The third kappa shape index (κ3) is 17.1. The van der Waals surface area contributed by atoms with Crippen LogP contribution in [0.1, 0.15) is 156 Å². The van der Waals surface area contributed by atoms with E-state index in [1.54, 1.807) is 91.0 Å². The van der Waals surface area contributed by atoms with Crippen LogP contribution in [-0.4, -0.2) is 146 Å². The summed E-state index contributed by atoms with van der Waals surface area (Å²) in [5, 5.41) is 112. The van der Waals surface area contributed by atoms with Gasteiger partial charge in [0.2, 0.25) is 29.8 Å². The van der Waals surface area contributed by atoms with Crippen LogP contribution >= 0.6 is 0 Å². The van der Waals surface area contributed by atoms with Crippen molar-refractivity contribution in [3.63, 3.8) is 0 Å². The summed E-state index contributed by atoms with van der Waals surface area (Å²) in [5.41, 5.74) is 15.3. The highest BCUT2D eigenvalue weighted by atomic mass is 16.7. The van der Waals surface area contributed by atoms with E-state index < -0.39 is 0 Å². The molecule has 0 fully saturated rings. The van der Waals surface area contributed by atoms with Crippen LogP contribution in [0, 0.1) is 20.8 Å². The summed E-state index contributed by atoms with van der Waals surface area (Å²) in [5.74, 6) is 7.07. The zero-order valence-corrected chi connectivity index (χ0v) is 71.5. The average molecular weight is 1700 g/mol. The van der Waals surface area contributed by atoms with Crippen LogP contribution in [0.4, 0.5) is 0 Å². The van der Waals surface area contributed by atoms with E-state index in [9.17, 15) is 56.2 Å². The van der Waals surface area contributed by atoms with Gasteiger partial charge >= 0.3 is 0 Å². The summed E-state index contributed by atoms with van der Waals surface area (Å²) in [6.45, 7) is 11.2. The molecule has 25 nitrogen and oxygen atoms in total. The molecule has 0 aliphatic carbocycles. The van der Waals surface area contributed by atoms with Gasteiger partial charge in [-0.2, -0.15) is 0 Å². The van der Waals surface area contributed by atoms with Gasteiger partial charge in [0.1, 0.15) is 63.2 Å². The van der Waals surface area contributed by atoms with Crippen molar-refractivity contribution in [2.24, 2.45) is 0 Å². The van der Waals surface area contributed by atoms with E-state index >= 15 is 0 Å². The third-order valence-electron chi connectivity index (χ3n) is 24.2. The minimum atomic E-state index is -0.121. The van der Waals surface area contributed by atoms with Crippen molar-refractivity contribution in [3.05, 3.63) is 277 Å². The number of hydrogen-bond donors (Lipinski definition) is 11. The number of ether oxygens (including phenoxy) is 14. The monoisotopic (exact) mass is 1700 g/mol. The van der Waals surface area contributed by atoms with E-state index in [2.05, 4.69) is 0 Å². The smallest absolute Gasteiger partial charge is 0.231 e. The number of aryl methyl sites for hydroxylation is 2. The van der Waals surface area contributed by atoms with Crippen molar-refractivity contribution < 1.29 is 122 Å². The predicted octanol–water partition coefficient (Wildman–Crippen LogP) is 18.6. The van der Waals surface area contributed by atoms with Gasteiger partial charge in [-0.25, -0.2) is 0 Å². The lowest BCUT2D eigenvalue weighted by molar-refractivity contribution is 0.174. The van der Waals surface area contributed by atoms with E-state index in [4.69, 9.17) is 66.3 Å². The molecular weight excluding hydrogens is 1600 g/mol. The van der Waals surface area contributed by atoms with Gasteiger partial charge in [0.15, 0.2) is 57.5 Å². The Balaban J connectivity index is 0.000000135. The number of phenols is 11. The Bertz CT molecular complexity index is 5770. The molecule has 125 heavy (non-hydrogen) atoms. The second kappa shape index (κ2) is 37.1. The van der Waals surface area contributed by atoms with Crippen molar-refractivity contribution in [3.8, 4) is 144 Å². The second-order valence-electron chi connectivity index (χ2n) is 31.0. The number of phenolic OH excluding ortho intramolecular Hbond substituents is 11. The van der Waals surface area contributed by atoms with Gasteiger partial charge in [0.25, 0.3) is 0 Å². The summed E-state index contributed by atoms with van der Waals surface area (Å²) in [4.78, 5) is 0. The Labute approximate surface area is 724 Å². The van der Waals surface area contributed by atoms with Gasteiger partial charge in [-0.1, -0.05) is 68.4 Å². The van der Waals surface area contributed by atoms with E-state index in [0.29, 0.717) is 125 Å². The summed E-state index contributed by atoms with van der Waals surface area (Å²) < 4.78 is 78.6. The van der Waals surface area contributed by atoms with Crippen LogP contribution in [0.25, 0.3) is 0 Å². The molecule has 8 unspecified atom stereocenters. The number of benzene rings is 12. The highest BCUT2D eigenvalue weighted by Crippen LogP contribution is 2.58. The maximum absolute atomic E-state index is 10.6. The van der Waals surface area contributed by atoms with E-state index in [-0.39, 0.29) is 117 Å². The lowest BCUT2D eigenvalue weighted by Gasteiger charge is -2.36. The molecule has 0 saturated heterocycles. The first-order chi connectivity index (χ1) is 60.3. The number of aromatic hydroxyl groups is 11. The lowest BCUT2D eigenvalue weighted by atomic mass is 9.74. The molecule has 8 atom stereocenters. The van der Waals surface area contributed by atoms with Crippen molar-refractivity contribution in [2.45, 2.75) is 94.8 Å². The number of fused-ring (bicyclic) bond motifs is 5. The first kappa shape index (κ1) is 87.0. The average Bonchev–Trinajstić information content (AvgIpc) is 1.21. The van der Waals surface area contributed by atoms with Crippen LogP contribution in [0.3, 0.4) is 0 Å². The zero-order valence-electron chi connectivity index (χ0n) is 71.5. The van der Waals surface area contributed by atoms with E-state index in [1.807, 2.05) is 126 Å². The number of rotatable bonds is 18. The first-order valence-electron chi connectivity index (χ1n) is 40.7. The quantitative estimate of drug-likeness (QED) is 0.0380. The van der Waals surface area contributed by atoms with Gasteiger partial charge in [-0.15, -0.1) is 0 Å². The molecule has 652 valence electrons. The van der Waals surface area contributed by atoms with Crippen molar-refractivity contribution in [1.29, 1.82) is 0 Å². The molecule has 12 aromatic carbocycles. The SMILES string of the molecule is CCc1c(O)ccc2c1OCC(c1cc(OC)c(O)c(OC)c1)C2c1ccc(O)cc1.CCc1cc2c(c(C)c1O)OCC(c1cc(OC)c(O)c(OC)c1)C2c1ccc(O)cc1.COc1cc(C2COc3c(ccc(O)c3C)C2c2ccc3c(c2)OCO3)cc(OC)c1O.COc1cc(C2COc3cc(O)c(C)cc3C2c2ccc(O)cc2)cc(OC)c1O. The molecule has 5 aliphatic rings. The van der Waals surface area contributed by atoms with Crippen molar-refractivity contribution in [2.75, 3.05) is 90.1 Å². The molecule has 5 heterocycles. The van der Waals surface area contributed by atoms with Crippen LogP contribution in [-0.2, 0) is 12.8 Å². The Hall–Kier alpha value is -14.4. The highest BCUT2D eigenvalue weighted by molar-refractivity contribution is 5.66. The Morgan fingerprint density at radius 3 is 1.02 bits per heavy atom. The van der Waals surface area contributed by atoms with Crippen molar-refractivity contribution >= 4 is 0 Å². The number of methoxy groups -OCH3 is 8. The molecule has 12 aromatic rings. The molecule has 17 rings (SSSR count). The minimum absolute atomic E-state index is 0.0451. The fraction of sp³-hybridized carbons (Fsp3) is 0.280. The minimum Gasteiger partial charge on any atom is -0.508 e. The second-order valence-corrected chi connectivity index (χ2v) is 31.0. The van der Waals surface area contributed by atoms with Crippen LogP contribution < -0.4 is 66.3 Å². The third-order valence-corrected chi connectivity index (χ3v) is 24.2. The Morgan fingerprint density at radius 1 is 0.272 bits per heavy atom. The van der Waals surface area contributed by atoms with Gasteiger partial charge in [-0.3, -0.25) is 0 Å². The normalized spacial score (nSPS) is 17.8. The fourth-order valence-corrected chi connectivity index (χ4v) is 17.6. The first-order valence-corrected chi connectivity index (χ1v) is 40.7. The molecule has 11 N–H and O–H groups in total. The number of hydrogen-bond acceptors (Lipinski definition) is 25. The molecule has 0 amide bonds. The fourth-order valence-electron chi connectivity index (χ4n) is 17.6. The maximum atomic E-state index is 10.6. The molecule has 25 heteroatoms. The van der Waals surface area contributed by atoms with E-state index in [0.717, 1.165) is 89.0 Å². The highest BCUT2D eigenvalue weighted by Gasteiger charge is 2.42. The predicted molar refractivity (Wildman–Crippen MR) is 467 cm³/mol. The molecular formula is C100H102O25. The topological polar surface area (TPSA) is 352 Å². The zero-order chi connectivity index (χ0) is 88.9. The summed E-state index contributed by atoms with van der Waals surface area (Å²) in [6, 6.07) is 54.5. The summed E-state index contributed by atoms with van der Waals surface area (Å²) in [7, 11) is 12.0. The van der Waals surface area contributed by atoms with Crippen LogP contribution in [0.5, 0.6) is 144 Å². The Kier molecular flexibility index (Phi) is 25.9. The molecule has 0 bridgehead atoms. The van der Waals surface area contributed by atoms with Gasteiger partial charge < -0.3 is 122 Å². The summed E-state index contributed by atoms with van der Waals surface area (Å²) >= 11 is 0. The maximum Gasteiger partial charge on any atom is 0.231 e. The molecule has 0 spiro atoms. The van der Waals surface area contributed by atoms with Crippen molar-refractivity contribution in [1.82, 2.24) is 0 Å². The largest absolute Gasteiger partial charge is 0.508 e. The lowest BCUT2D eigenvalue weighted by Crippen LogP contribution is -2.26. The van der Waals surface area contributed by atoms with Gasteiger partial charge in [0.05, 0.1) is 83.3 Å². The van der Waals surface area contributed by atoms with Crippen LogP contribution in [0.2, 0.25) is 0 Å². The molecule has 5 aliphatic heterocycles.